The minimum Gasteiger partial charge on any atom is -0.350 e. The van der Waals surface area contributed by atoms with Gasteiger partial charge >= 0.3 is 0 Å². The molecule has 1 aromatic carbocycles. The van der Waals surface area contributed by atoms with Crippen LogP contribution in [0, 0.1) is 0 Å². The number of para-hydroxylation sites is 1. The van der Waals surface area contributed by atoms with Crippen molar-refractivity contribution in [2.75, 3.05) is 20.1 Å². The van der Waals surface area contributed by atoms with Crippen LogP contribution in [0.4, 0.5) is 0 Å². The Morgan fingerprint density at radius 2 is 2.05 bits per heavy atom. The first-order chi connectivity index (χ1) is 10.4. The molecule has 0 spiro atoms. The van der Waals surface area contributed by atoms with Gasteiger partial charge in [0.25, 0.3) is 5.91 Å². The number of carbonyl (C=O) groups excluding carboxylic acids is 1. The van der Waals surface area contributed by atoms with Crippen molar-refractivity contribution in [1.29, 1.82) is 0 Å². The minimum absolute atomic E-state index is 0.106. The molecular formula is C15H19N3O3S. The summed E-state index contributed by atoms with van der Waals surface area (Å²) in [6, 6.07) is 7.71. The maximum absolute atomic E-state index is 12.7. The van der Waals surface area contributed by atoms with E-state index in [-0.39, 0.29) is 12.5 Å². The molecule has 1 aliphatic rings. The Morgan fingerprint density at radius 3 is 2.77 bits per heavy atom. The molecule has 1 unspecified atom stereocenters. The number of carbonyl (C=O) groups is 1. The number of hydrogen-bond acceptors (Lipinski definition) is 3. The first kappa shape index (κ1) is 15.1. The summed E-state index contributed by atoms with van der Waals surface area (Å²) in [4.78, 5) is 14.4. The Labute approximate surface area is 129 Å². The Bertz CT molecular complexity index is 826. The third-order valence-electron chi connectivity index (χ3n) is 4.28. The highest BCUT2D eigenvalue weighted by Crippen LogP contribution is 2.24. The van der Waals surface area contributed by atoms with Crippen LogP contribution < -0.4 is 4.72 Å². The molecule has 1 aliphatic heterocycles. The van der Waals surface area contributed by atoms with Crippen LogP contribution in [0.5, 0.6) is 0 Å². The van der Waals surface area contributed by atoms with Crippen LogP contribution in [0.3, 0.4) is 0 Å². The number of fused-ring (bicyclic) bond motifs is 1. The molecule has 0 aliphatic carbocycles. The zero-order chi connectivity index (χ0) is 15.9. The average molecular weight is 321 g/mol. The number of aryl methyl sites for hydroxylation is 1. The number of likely N-dealkylation sites (tertiary alicyclic amines) is 1. The van der Waals surface area contributed by atoms with E-state index in [2.05, 4.69) is 4.72 Å². The van der Waals surface area contributed by atoms with Crippen LogP contribution in [-0.4, -0.2) is 49.2 Å². The first-order valence-electron chi connectivity index (χ1n) is 7.19. The molecule has 2 aromatic rings. The largest absolute Gasteiger partial charge is 0.350 e. The monoisotopic (exact) mass is 321 g/mol. The molecule has 1 fully saturated rings. The lowest BCUT2D eigenvalue weighted by molar-refractivity contribution is 0.0795. The normalized spacial score (nSPS) is 19.0. The third-order valence-corrected chi connectivity index (χ3v) is 6.11. The number of benzene rings is 1. The summed E-state index contributed by atoms with van der Waals surface area (Å²) >= 11 is 0. The van der Waals surface area contributed by atoms with Crippen molar-refractivity contribution < 1.29 is 13.2 Å². The van der Waals surface area contributed by atoms with Crippen LogP contribution >= 0.6 is 0 Å². The number of rotatable bonds is 3. The SMILES string of the molecule is CNS(=O)(=O)C1CCN(C(=O)c2cn(C)c3ccccc23)C1. The number of hydrogen-bond donors (Lipinski definition) is 1. The number of amides is 1. The second kappa shape index (κ2) is 5.40. The van der Waals surface area contributed by atoms with Crippen LogP contribution in [0.25, 0.3) is 10.9 Å². The molecular weight excluding hydrogens is 302 g/mol. The van der Waals surface area contributed by atoms with E-state index in [0.29, 0.717) is 18.5 Å². The molecule has 22 heavy (non-hydrogen) atoms. The zero-order valence-corrected chi connectivity index (χ0v) is 13.4. The molecule has 0 saturated carbocycles. The summed E-state index contributed by atoms with van der Waals surface area (Å²) in [5, 5.41) is 0.367. The van der Waals surface area contributed by atoms with Gasteiger partial charge in [-0.15, -0.1) is 0 Å². The standard InChI is InChI=1S/C15H19N3O3S/c1-16-22(20,21)11-7-8-18(9-11)15(19)13-10-17(2)14-6-4-3-5-12(13)14/h3-6,10-11,16H,7-9H2,1-2H3. The summed E-state index contributed by atoms with van der Waals surface area (Å²) < 4.78 is 28.0. The summed E-state index contributed by atoms with van der Waals surface area (Å²) in [6.45, 7) is 0.707. The third kappa shape index (κ3) is 2.40. The summed E-state index contributed by atoms with van der Waals surface area (Å²) in [6.07, 6.45) is 2.28. The van der Waals surface area contributed by atoms with Gasteiger partial charge in [-0.25, -0.2) is 13.1 Å². The van der Waals surface area contributed by atoms with Crippen molar-refractivity contribution in [1.82, 2.24) is 14.2 Å². The molecule has 1 N–H and O–H groups in total. The molecule has 1 aromatic heterocycles. The molecule has 6 nitrogen and oxygen atoms in total. The number of nitrogens with zero attached hydrogens (tertiary/aromatic N) is 2. The van der Waals surface area contributed by atoms with E-state index in [4.69, 9.17) is 0 Å². The predicted molar refractivity (Wildman–Crippen MR) is 85.2 cm³/mol. The molecule has 0 radical (unpaired) electrons. The van der Waals surface area contributed by atoms with Gasteiger partial charge in [0, 0.05) is 37.2 Å². The summed E-state index contributed by atoms with van der Waals surface area (Å²) in [7, 11) is -0.0255. The van der Waals surface area contributed by atoms with Crippen molar-refractivity contribution in [3.05, 3.63) is 36.0 Å². The molecule has 3 rings (SSSR count). The highest BCUT2D eigenvalue weighted by Gasteiger charge is 2.35. The quantitative estimate of drug-likeness (QED) is 0.914. The van der Waals surface area contributed by atoms with Gasteiger partial charge in [0.05, 0.1) is 10.8 Å². The molecule has 1 amide bonds. The fraction of sp³-hybridized carbons (Fsp3) is 0.400. The smallest absolute Gasteiger partial charge is 0.256 e. The predicted octanol–water partition coefficient (Wildman–Crippen LogP) is 0.942. The van der Waals surface area contributed by atoms with Crippen molar-refractivity contribution in [2.24, 2.45) is 7.05 Å². The maximum atomic E-state index is 12.7. The van der Waals surface area contributed by atoms with E-state index >= 15 is 0 Å². The number of aromatic nitrogens is 1. The van der Waals surface area contributed by atoms with Gasteiger partial charge in [0.1, 0.15) is 0 Å². The molecule has 0 bridgehead atoms. The van der Waals surface area contributed by atoms with Crippen molar-refractivity contribution in [3.8, 4) is 0 Å². The van der Waals surface area contributed by atoms with Crippen LogP contribution in [-0.2, 0) is 17.1 Å². The van der Waals surface area contributed by atoms with E-state index in [1.807, 2.05) is 42.1 Å². The molecule has 1 atom stereocenters. The Hall–Kier alpha value is -1.86. The second-order valence-electron chi connectivity index (χ2n) is 5.58. The van der Waals surface area contributed by atoms with Crippen LogP contribution in [0.1, 0.15) is 16.8 Å². The Morgan fingerprint density at radius 1 is 1.32 bits per heavy atom. The van der Waals surface area contributed by atoms with E-state index in [0.717, 1.165) is 10.9 Å². The van der Waals surface area contributed by atoms with Gasteiger partial charge < -0.3 is 9.47 Å². The average Bonchev–Trinajstić information content (AvgIpc) is 3.13. The van der Waals surface area contributed by atoms with E-state index in [1.165, 1.54) is 7.05 Å². The topological polar surface area (TPSA) is 71.4 Å². The van der Waals surface area contributed by atoms with E-state index < -0.39 is 15.3 Å². The van der Waals surface area contributed by atoms with E-state index in [9.17, 15) is 13.2 Å². The highest BCUT2D eigenvalue weighted by atomic mass is 32.2. The number of sulfonamides is 1. The van der Waals surface area contributed by atoms with Crippen molar-refractivity contribution in [2.45, 2.75) is 11.7 Å². The van der Waals surface area contributed by atoms with Gasteiger partial charge in [0.2, 0.25) is 10.0 Å². The molecule has 2 heterocycles. The van der Waals surface area contributed by atoms with Gasteiger partial charge in [-0.1, -0.05) is 18.2 Å². The number of nitrogens with one attached hydrogen (secondary N) is 1. The van der Waals surface area contributed by atoms with Crippen molar-refractivity contribution >= 4 is 26.8 Å². The lowest BCUT2D eigenvalue weighted by Crippen LogP contribution is -2.36. The molecule has 1 saturated heterocycles. The maximum Gasteiger partial charge on any atom is 0.256 e. The molecule has 118 valence electrons. The van der Waals surface area contributed by atoms with Crippen LogP contribution in [0.15, 0.2) is 30.5 Å². The van der Waals surface area contributed by atoms with E-state index in [1.54, 1.807) is 4.90 Å². The first-order valence-corrected chi connectivity index (χ1v) is 8.74. The van der Waals surface area contributed by atoms with Gasteiger partial charge in [0.15, 0.2) is 0 Å². The fourth-order valence-corrected chi connectivity index (χ4v) is 4.14. The van der Waals surface area contributed by atoms with Gasteiger partial charge in [-0.05, 0) is 19.5 Å². The van der Waals surface area contributed by atoms with Gasteiger partial charge in [-0.2, -0.15) is 0 Å². The zero-order valence-electron chi connectivity index (χ0n) is 12.6. The second-order valence-corrected chi connectivity index (χ2v) is 7.75. The Balaban J connectivity index is 1.89. The van der Waals surface area contributed by atoms with Gasteiger partial charge in [-0.3, -0.25) is 4.79 Å². The molecule has 7 heteroatoms. The Kier molecular flexibility index (Phi) is 3.70. The summed E-state index contributed by atoms with van der Waals surface area (Å²) in [5.74, 6) is -0.106. The lowest BCUT2D eigenvalue weighted by Gasteiger charge is -2.16. The summed E-state index contributed by atoms with van der Waals surface area (Å²) in [5.41, 5.74) is 1.62. The van der Waals surface area contributed by atoms with Crippen molar-refractivity contribution in [3.63, 3.8) is 0 Å². The van der Waals surface area contributed by atoms with Crippen LogP contribution in [0.2, 0.25) is 0 Å². The fourth-order valence-electron chi connectivity index (χ4n) is 3.02. The minimum atomic E-state index is -3.33. The highest BCUT2D eigenvalue weighted by molar-refractivity contribution is 7.90. The lowest BCUT2D eigenvalue weighted by atomic mass is 10.1.